The molecule has 0 saturated carbocycles. The molecule has 0 radical (unpaired) electrons. The van der Waals surface area contributed by atoms with Crippen molar-refractivity contribution in [1.82, 2.24) is 19.7 Å². The smallest absolute Gasteiger partial charge is 0.273 e. The van der Waals surface area contributed by atoms with Gasteiger partial charge in [0.25, 0.3) is 5.91 Å². The van der Waals surface area contributed by atoms with Crippen molar-refractivity contribution in [3.8, 4) is 22.8 Å². The van der Waals surface area contributed by atoms with Gasteiger partial charge in [-0.15, -0.1) is 0 Å². The van der Waals surface area contributed by atoms with Gasteiger partial charge < -0.3 is 25.4 Å². The molecule has 0 aliphatic heterocycles. The summed E-state index contributed by atoms with van der Waals surface area (Å²) in [7, 11) is 4.99. The number of nitrogens with zero attached hydrogens (tertiary/aromatic N) is 4. The van der Waals surface area contributed by atoms with Crippen molar-refractivity contribution in [3.63, 3.8) is 0 Å². The first-order valence-corrected chi connectivity index (χ1v) is 12.5. The minimum Gasteiger partial charge on any atom is -0.497 e. The maximum absolute atomic E-state index is 13.0. The molecule has 0 aliphatic rings. The van der Waals surface area contributed by atoms with E-state index in [2.05, 4.69) is 31.0 Å². The van der Waals surface area contributed by atoms with Crippen LogP contribution in [0, 0.1) is 6.92 Å². The molecule has 0 saturated heterocycles. The summed E-state index contributed by atoms with van der Waals surface area (Å²) in [6.07, 6.45) is 0. The highest BCUT2D eigenvalue weighted by Gasteiger charge is 2.15. The number of aryl methyl sites for hydroxylation is 2. The molecule has 0 bridgehead atoms. The minimum atomic E-state index is -0.263. The van der Waals surface area contributed by atoms with Crippen molar-refractivity contribution in [3.05, 3.63) is 96.3 Å². The summed E-state index contributed by atoms with van der Waals surface area (Å²) in [6, 6.07) is 26.1. The highest BCUT2D eigenvalue weighted by atomic mass is 16.5. The van der Waals surface area contributed by atoms with Gasteiger partial charge in [-0.3, -0.25) is 9.48 Å². The number of amides is 1. The number of hydrogen-bond acceptors (Lipinski definition) is 8. The predicted molar refractivity (Wildman–Crippen MR) is 156 cm³/mol. The van der Waals surface area contributed by atoms with Gasteiger partial charge in [0.05, 0.1) is 19.9 Å². The number of rotatable bonds is 9. The molecule has 1 amide bonds. The molecule has 10 nitrogen and oxygen atoms in total. The number of carbonyl (C=O) groups is 1. The summed E-state index contributed by atoms with van der Waals surface area (Å²) in [4.78, 5) is 22.1. The Bertz CT molecular complexity index is 1630. The molecule has 5 aromatic rings. The van der Waals surface area contributed by atoms with E-state index < -0.39 is 0 Å². The predicted octanol–water partition coefficient (Wildman–Crippen LogP) is 5.94. The van der Waals surface area contributed by atoms with Gasteiger partial charge in [-0.2, -0.15) is 10.1 Å². The molecule has 3 N–H and O–H groups in total. The largest absolute Gasteiger partial charge is 0.497 e. The van der Waals surface area contributed by atoms with E-state index in [-0.39, 0.29) is 5.91 Å². The molecule has 40 heavy (non-hydrogen) atoms. The molecule has 3 aromatic carbocycles. The van der Waals surface area contributed by atoms with E-state index in [4.69, 9.17) is 9.47 Å². The third-order valence-corrected chi connectivity index (χ3v) is 6.09. The summed E-state index contributed by atoms with van der Waals surface area (Å²) in [6.45, 7) is 1.91. The van der Waals surface area contributed by atoms with Gasteiger partial charge in [0, 0.05) is 41.4 Å². The zero-order chi connectivity index (χ0) is 28.1. The Kier molecular flexibility index (Phi) is 7.58. The van der Waals surface area contributed by atoms with Gasteiger partial charge >= 0.3 is 0 Å². The first-order chi connectivity index (χ1) is 19.4. The number of carbonyl (C=O) groups excluding carboxylic acids is 1. The van der Waals surface area contributed by atoms with E-state index in [1.807, 2.05) is 85.8 Å². The summed E-state index contributed by atoms with van der Waals surface area (Å²) in [5.74, 6) is 2.36. The number of aromatic nitrogens is 4. The number of anilines is 5. The molecule has 10 heteroatoms. The Morgan fingerprint density at radius 2 is 1.45 bits per heavy atom. The fourth-order valence-electron chi connectivity index (χ4n) is 4.08. The molecule has 2 heterocycles. The third kappa shape index (κ3) is 6.18. The van der Waals surface area contributed by atoms with E-state index in [1.165, 1.54) is 0 Å². The van der Waals surface area contributed by atoms with Gasteiger partial charge in [0.1, 0.15) is 23.0 Å². The Labute approximate surface area is 232 Å². The molecular weight excluding hydrogens is 506 g/mol. The maximum atomic E-state index is 13.0. The van der Waals surface area contributed by atoms with Crippen LogP contribution in [0.5, 0.6) is 11.5 Å². The van der Waals surface area contributed by atoms with Crippen molar-refractivity contribution < 1.29 is 14.3 Å². The maximum Gasteiger partial charge on any atom is 0.273 e. The SMILES string of the molecule is COc1ccc(Nc2cc(C)nc(Nc3ccc(NC(=O)c4cc(-c5cccc(OC)c5)nn4C)cc3)n2)cc1. The zero-order valence-corrected chi connectivity index (χ0v) is 22.6. The van der Waals surface area contributed by atoms with Gasteiger partial charge in [-0.1, -0.05) is 12.1 Å². The molecule has 0 unspecified atom stereocenters. The fourth-order valence-corrected chi connectivity index (χ4v) is 4.08. The van der Waals surface area contributed by atoms with Gasteiger partial charge in [-0.05, 0) is 73.7 Å². The van der Waals surface area contributed by atoms with Crippen LogP contribution in [0.25, 0.3) is 11.3 Å². The summed E-state index contributed by atoms with van der Waals surface area (Å²) in [5, 5.41) is 13.9. The van der Waals surface area contributed by atoms with Crippen LogP contribution in [-0.2, 0) is 7.05 Å². The van der Waals surface area contributed by atoms with Crippen molar-refractivity contribution >= 4 is 34.7 Å². The van der Waals surface area contributed by atoms with Crippen LogP contribution in [0.15, 0.2) is 84.9 Å². The second kappa shape index (κ2) is 11.6. The number of ether oxygens (including phenoxy) is 2. The quantitative estimate of drug-likeness (QED) is 0.212. The fraction of sp³-hybridized carbons (Fsp3) is 0.133. The van der Waals surface area contributed by atoms with Crippen LogP contribution in [0.3, 0.4) is 0 Å². The Morgan fingerprint density at radius 3 is 2.17 bits per heavy atom. The molecule has 202 valence electrons. The van der Waals surface area contributed by atoms with Crippen LogP contribution in [0.1, 0.15) is 16.2 Å². The van der Waals surface area contributed by atoms with Crippen molar-refractivity contribution in [2.75, 3.05) is 30.2 Å². The van der Waals surface area contributed by atoms with E-state index in [0.29, 0.717) is 28.8 Å². The van der Waals surface area contributed by atoms with E-state index in [0.717, 1.165) is 34.1 Å². The van der Waals surface area contributed by atoms with E-state index >= 15 is 0 Å². The Morgan fingerprint density at radius 1 is 0.775 bits per heavy atom. The van der Waals surface area contributed by atoms with E-state index in [1.54, 1.807) is 32.0 Å². The molecule has 5 rings (SSSR count). The highest BCUT2D eigenvalue weighted by Crippen LogP contribution is 2.25. The number of methoxy groups -OCH3 is 2. The molecule has 0 aliphatic carbocycles. The van der Waals surface area contributed by atoms with Crippen LogP contribution < -0.4 is 25.4 Å². The molecule has 0 atom stereocenters. The molecule has 2 aromatic heterocycles. The lowest BCUT2D eigenvalue weighted by Crippen LogP contribution is -2.16. The highest BCUT2D eigenvalue weighted by molar-refractivity contribution is 6.03. The lowest BCUT2D eigenvalue weighted by molar-refractivity contribution is 0.101. The molecule has 0 spiro atoms. The number of benzene rings is 3. The number of nitrogens with one attached hydrogen (secondary N) is 3. The first-order valence-electron chi connectivity index (χ1n) is 12.5. The van der Waals surface area contributed by atoms with Crippen LogP contribution >= 0.6 is 0 Å². The summed E-state index contributed by atoms with van der Waals surface area (Å²) < 4.78 is 12.1. The van der Waals surface area contributed by atoms with Crippen LogP contribution in [-0.4, -0.2) is 39.9 Å². The number of hydrogen-bond donors (Lipinski definition) is 3. The van der Waals surface area contributed by atoms with E-state index in [9.17, 15) is 4.79 Å². The monoisotopic (exact) mass is 535 g/mol. The Hall–Kier alpha value is -5.38. The zero-order valence-electron chi connectivity index (χ0n) is 22.6. The summed E-state index contributed by atoms with van der Waals surface area (Å²) in [5.41, 5.74) is 5.10. The lowest BCUT2D eigenvalue weighted by Gasteiger charge is -2.11. The van der Waals surface area contributed by atoms with Crippen molar-refractivity contribution in [1.29, 1.82) is 0 Å². The van der Waals surface area contributed by atoms with Gasteiger partial charge in [-0.25, -0.2) is 4.98 Å². The van der Waals surface area contributed by atoms with Gasteiger partial charge in [0.2, 0.25) is 5.95 Å². The van der Waals surface area contributed by atoms with Crippen molar-refractivity contribution in [2.45, 2.75) is 6.92 Å². The second-order valence-electron chi connectivity index (χ2n) is 9.00. The minimum absolute atomic E-state index is 0.263. The second-order valence-corrected chi connectivity index (χ2v) is 9.00. The topological polar surface area (TPSA) is 115 Å². The third-order valence-electron chi connectivity index (χ3n) is 6.09. The normalized spacial score (nSPS) is 10.6. The van der Waals surface area contributed by atoms with Crippen LogP contribution in [0.4, 0.5) is 28.8 Å². The first kappa shape index (κ1) is 26.2. The average Bonchev–Trinajstić information content (AvgIpc) is 3.36. The molecular formula is C30H29N7O3. The Balaban J connectivity index is 1.24. The lowest BCUT2D eigenvalue weighted by atomic mass is 10.1. The average molecular weight is 536 g/mol. The summed E-state index contributed by atoms with van der Waals surface area (Å²) >= 11 is 0. The van der Waals surface area contributed by atoms with Gasteiger partial charge in [0.15, 0.2) is 0 Å². The standard InChI is InChI=1S/C30H29N7O3/c1-19-16-28(32-21-12-14-24(39-3)15-13-21)35-30(31-19)34-23-10-8-22(9-11-23)33-29(38)27-18-26(36-37(27)2)20-6-5-7-25(17-20)40-4/h5-18H,1-4H3,(H,33,38)(H2,31,32,34,35). The van der Waals surface area contributed by atoms with Crippen LogP contribution in [0.2, 0.25) is 0 Å². The molecule has 0 fully saturated rings. The van der Waals surface area contributed by atoms with Crippen molar-refractivity contribution in [2.24, 2.45) is 7.05 Å².